The van der Waals surface area contributed by atoms with Gasteiger partial charge in [-0.2, -0.15) is 0 Å². The van der Waals surface area contributed by atoms with Gasteiger partial charge in [-0.1, -0.05) is 0 Å². The van der Waals surface area contributed by atoms with Crippen molar-refractivity contribution in [2.75, 3.05) is 25.4 Å². The molecule has 19 heavy (non-hydrogen) atoms. The van der Waals surface area contributed by atoms with Crippen LogP contribution in [0, 0.1) is 0 Å². The molecule has 0 saturated carbocycles. The largest absolute Gasteiger partial charge is 0.451 e. The summed E-state index contributed by atoms with van der Waals surface area (Å²) < 4.78 is 5.49. The minimum absolute atomic E-state index is 0.0675. The summed E-state index contributed by atoms with van der Waals surface area (Å²) in [5, 5.41) is 3.45. The molecule has 1 aliphatic rings. The summed E-state index contributed by atoms with van der Waals surface area (Å²) in [5.74, 6) is -0.195. The van der Waals surface area contributed by atoms with Gasteiger partial charge in [0.25, 0.3) is 5.91 Å². The number of furan rings is 1. The summed E-state index contributed by atoms with van der Waals surface area (Å²) in [6.45, 7) is 1.03. The minimum Gasteiger partial charge on any atom is -0.451 e. The molecule has 0 atom stereocenters. The van der Waals surface area contributed by atoms with Crippen molar-refractivity contribution in [3.05, 3.63) is 30.0 Å². The van der Waals surface area contributed by atoms with Crippen molar-refractivity contribution in [2.24, 2.45) is 0 Å². The molecular weight excluding hydrogens is 246 g/mol. The fourth-order valence-electron chi connectivity index (χ4n) is 2.14. The number of hydrogen-bond acceptors (Lipinski definition) is 4. The lowest BCUT2D eigenvalue weighted by molar-refractivity contribution is -0.123. The van der Waals surface area contributed by atoms with Crippen molar-refractivity contribution in [2.45, 2.75) is 0 Å². The average Bonchev–Trinajstić information content (AvgIpc) is 2.80. The quantitative estimate of drug-likeness (QED) is 0.733. The van der Waals surface area contributed by atoms with Crippen molar-refractivity contribution in [3.8, 4) is 0 Å². The van der Waals surface area contributed by atoms with E-state index in [9.17, 15) is 9.59 Å². The number of anilines is 1. The Morgan fingerprint density at radius 1 is 1.37 bits per heavy atom. The molecule has 1 aromatic carbocycles. The van der Waals surface area contributed by atoms with Crippen LogP contribution in [0.25, 0.3) is 11.0 Å². The number of rotatable bonds is 1. The third-order valence-corrected chi connectivity index (χ3v) is 3.08. The van der Waals surface area contributed by atoms with E-state index in [4.69, 9.17) is 10.2 Å². The van der Waals surface area contributed by atoms with Crippen molar-refractivity contribution in [1.29, 1.82) is 0 Å². The molecule has 0 unspecified atom stereocenters. The zero-order valence-corrected chi connectivity index (χ0v) is 10.2. The van der Waals surface area contributed by atoms with Gasteiger partial charge in [0, 0.05) is 24.2 Å². The molecule has 2 heterocycles. The van der Waals surface area contributed by atoms with Crippen LogP contribution in [0.15, 0.2) is 28.7 Å². The van der Waals surface area contributed by atoms with E-state index < -0.39 is 0 Å². The molecule has 3 rings (SSSR count). The number of nitrogens with one attached hydrogen (secondary N) is 1. The lowest BCUT2D eigenvalue weighted by atomic mass is 10.2. The second-order valence-electron chi connectivity index (χ2n) is 4.48. The van der Waals surface area contributed by atoms with Gasteiger partial charge in [0.15, 0.2) is 5.76 Å². The first kappa shape index (κ1) is 11.6. The molecule has 0 spiro atoms. The first-order chi connectivity index (χ1) is 9.13. The summed E-state index contributed by atoms with van der Waals surface area (Å²) >= 11 is 0. The highest BCUT2D eigenvalue weighted by Crippen LogP contribution is 2.22. The molecule has 0 bridgehead atoms. The first-order valence-electron chi connectivity index (χ1n) is 5.98. The van der Waals surface area contributed by atoms with Crippen molar-refractivity contribution >= 4 is 28.5 Å². The van der Waals surface area contributed by atoms with Gasteiger partial charge in [0.2, 0.25) is 5.91 Å². The Bertz CT molecular complexity index is 662. The molecule has 6 nitrogen and oxygen atoms in total. The number of amides is 2. The number of fused-ring (bicyclic) bond motifs is 1. The van der Waals surface area contributed by atoms with Crippen LogP contribution in [-0.4, -0.2) is 36.3 Å². The van der Waals surface area contributed by atoms with E-state index in [0.717, 1.165) is 5.39 Å². The second kappa shape index (κ2) is 4.31. The van der Waals surface area contributed by atoms with Crippen LogP contribution in [0.4, 0.5) is 5.69 Å². The predicted octanol–water partition coefficient (Wildman–Crippen LogP) is 0.587. The Kier molecular flexibility index (Phi) is 2.63. The summed E-state index contributed by atoms with van der Waals surface area (Å²) in [7, 11) is 0. The number of carbonyl (C=O) groups is 2. The van der Waals surface area contributed by atoms with E-state index in [1.165, 1.54) is 4.90 Å². The van der Waals surface area contributed by atoms with E-state index in [1.54, 1.807) is 24.3 Å². The van der Waals surface area contributed by atoms with Gasteiger partial charge in [-0.15, -0.1) is 0 Å². The van der Waals surface area contributed by atoms with Gasteiger partial charge in [-0.3, -0.25) is 9.59 Å². The smallest absolute Gasteiger partial charge is 0.290 e. The number of nitrogens with zero attached hydrogens (tertiary/aromatic N) is 1. The Balaban J connectivity index is 1.90. The molecular formula is C13H13N3O3. The fourth-order valence-corrected chi connectivity index (χ4v) is 2.14. The monoisotopic (exact) mass is 259 g/mol. The van der Waals surface area contributed by atoms with Gasteiger partial charge in [0.05, 0.1) is 0 Å². The zero-order valence-electron chi connectivity index (χ0n) is 10.2. The Hall–Kier alpha value is -2.50. The molecule has 1 aromatic heterocycles. The second-order valence-corrected chi connectivity index (χ2v) is 4.48. The maximum atomic E-state index is 12.2. The standard InChI is InChI=1S/C13H13N3O3/c14-9-1-2-10-8(5-9)6-11(19-10)13(18)16-4-3-15-12(17)7-16/h1-2,5-6H,3-4,7,14H2,(H,15,17). The first-order valence-corrected chi connectivity index (χ1v) is 5.98. The van der Waals surface area contributed by atoms with E-state index >= 15 is 0 Å². The predicted molar refractivity (Wildman–Crippen MR) is 69.5 cm³/mol. The maximum Gasteiger partial charge on any atom is 0.290 e. The van der Waals surface area contributed by atoms with Gasteiger partial charge in [-0.05, 0) is 24.3 Å². The van der Waals surface area contributed by atoms with Gasteiger partial charge < -0.3 is 20.4 Å². The highest BCUT2D eigenvalue weighted by molar-refractivity contribution is 5.98. The van der Waals surface area contributed by atoms with Gasteiger partial charge >= 0.3 is 0 Å². The zero-order chi connectivity index (χ0) is 13.4. The Labute approximate surface area is 109 Å². The number of nitrogens with two attached hydrogens (primary N) is 1. The van der Waals surface area contributed by atoms with Crippen LogP contribution in [-0.2, 0) is 4.79 Å². The summed E-state index contributed by atoms with van der Waals surface area (Å²) in [4.78, 5) is 25.0. The Morgan fingerprint density at radius 3 is 3.00 bits per heavy atom. The van der Waals surface area contributed by atoms with E-state index in [2.05, 4.69) is 5.32 Å². The molecule has 6 heteroatoms. The summed E-state index contributed by atoms with van der Waals surface area (Å²) in [6.07, 6.45) is 0. The van der Waals surface area contributed by atoms with Crippen LogP contribution in [0.5, 0.6) is 0 Å². The van der Waals surface area contributed by atoms with Crippen LogP contribution >= 0.6 is 0 Å². The van der Waals surface area contributed by atoms with Crippen LogP contribution in [0.1, 0.15) is 10.6 Å². The average molecular weight is 259 g/mol. The lowest BCUT2D eigenvalue weighted by Crippen LogP contribution is -2.49. The number of nitrogen functional groups attached to an aromatic ring is 1. The molecule has 1 saturated heterocycles. The summed E-state index contributed by atoms with van der Waals surface area (Å²) in [6, 6.07) is 6.85. The normalized spacial score (nSPS) is 15.6. The molecule has 2 aromatic rings. The van der Waals surface area contributed by atoms with E-state index in [-0.39, 0.29) is 24.1 Å². The maximum absolute atomic E-state index is 12.2. The SMILES string of the molecule is Nc1ccc2oc(C(=O)N3CCNC(=O)C3)cc2c1. The molecule has 98 valence electrons. The van der Waals surface area contributed by atoms with Crippen LogP contribution in [0.3, 0.4) is 0 Å². The number of benzene rings is 1. The summed E-state index contributed by atoms with van der Waals surface area (Å²) in [5.41, 5.74) is 6.91. The highest BCUT2D eigenvalue weighted by atomic mass is 16.3. The lowest BCUT2D eigenvalue weighted by Gasteiger charge is -2.25. The Morgan fingerprint density at radius 2 is 2.21 bits per heavy atom. The van der Waals surface area contributed by atoms with Gasteiger partial charge in [0.1, 0.15) is 12.1 Å². The highest BCUT2D eigenvalue weighted by Gasteiger charge is 2.24. The third-order valence-electron chi connectivity index (χ3n) is 3.08. The molecule has 0 aliphatic carbocycles. The van der Waals surface area contributed by atoms with Crippen molar-refractivity contribution in [3.63, 3.8) is 0 Å². The van der Waals surface area contributed by atoms with E-state index in [1.807, 2.05) is 0 Å². The molecule has 1 aliphatic heterocycles. The molecule has 3 N–H and O–H groups in total. The minimum atomic E-state index is -0.273. The van der Waals surface area contributed by atoms with E-state index in [0.29, 0.717) is 24.4 Å². The number of piperazine rings is 1. The number of hydrogen-bond donors (Lipinski definition) is 2. The van der Waals surface area contributed by atoms with Crippen molar-refractivity contribution < 1.29 is 14.0 Å². The number of carbonyl (C=O) groups excluding carboxylic acids is 2. The van der Waals surface area contributed by atoms with Crippen LogP contribution in [0.2, 0.25) is 0 Å². The van der Waals surface area contributed by atoms with Crippen molar-refractivity contribution in [1.82, 2.24) is 10.2 Å². The van der Waals surface area contributed by atoms with Crippen LogP contribution < -0.4 is 11.1 Å². The third kappa shape index (κ3) is 2.12. The molecule has 0 radical (unpaired) electrons. The fraction of sp³-hybridized carbons (Fsp3) is 0.231. The topological polar surface area (TPSA) is 88.6 Å². The molecule has 1 fully saturated rings. The molecule has 2 amide bonds. The van der Waals surface area contributed by atoms with Gasteiger partial charge in [-0.25, -0.2) is 0 Å².